The third-order valence-electron chi connectivity index (χ3n) is 4.79. The van der Waals surface area contributed by atoms with Gasteiger partial charge in [0, 0.05) is 42.1 Å². The summed E-state index contributed by atoms with van der Waals surface area (Å²) in [6, 6.07) is 7.56. The number of aldehydes is 1. The standard InChI is InChI=1S/C22H17N7O/c1-2-16-5-6-27(10-16)20-7-18(8-23-9-20)21-14-29(26-25-21)13-19-12-28-11-17(15-30)3-4-22(28)24-19/h2-12,14-15H,1,13H2. The van der Waals surface area contributed by atoms with E-state index in [9.17, 15) is 4.79 Å². The van der Waals surface area contributed by atoms with Crippen LogP contribution in [0, 0.1) is 0 Å². The van der Waals surface area contributed by atoms with Gasteiger partial charge in [-0.3, -0.25) is 9.78 Å². The van der Waals surface area contributed by atoms with Crippen molar-refractivity contribution in [2.75, 3.05) is 0 Å². The van der Waals surface area contributed by atoms with E-state index in [0.717, 1.165) is 40.1 Å². The molecule has 5 aromatic rings. The highest BCUT2D eigenvalue weighted by molar-refractivity contribution is 5.74. The summed E-state index contributed by atoms with van der Waals surface area (Å²) < 4.78 is 5.55. The van der Waals surface area contributed by atoms with Crippen molar-refractivity contribution in [3.63, 3.8) is 0 Å². The highest BCUT2D eigenvalue weighted by Gasteiger charge is 2.09. The first-order valence-electron chi connectivity index (χ1n) is 9.31. The van der Waals surface area contributed by atoms with E-state index in [1.807, 2.05) is 52.0 Å². The number of fused-ring (bicyclic) bond motifs is 1. The molecule has 8 heteroatoms. The molecule has 0 radical (unpaired) electrons. The molecule has 0 unspecified atom stereocenters. The van der Waals surface area contributed by atoms with E-state index in [4.69, 9.17) is 0 Å². The second-order valence-electron chi connectivity index (χ2n) is 6.87. The average Bonchev–Trinajstić information content (AvgIpc) is 3.52. The summed E-state index contributed by atoms with van der Waals surface area (Å²) >= 11 is 0. The number of imidazole rings is 1. The van der Waals surface area contributed by atoms with E-state index in [2.05, 4.69) is 26.9 Å². The number of aromatic nitrogens is 7. The lowest BCUT2D eigenvalue weighted by Crippen LogP contribution is -2.00. The SMILES string of the molecule is C=Cc1ccn(-c2cncc(-c3cn(Cc4cn5cc(C=O)ccc5n4)nn3)c2)c1. The van der Waals surface area contributed by atoms with E-state index in [1.165, 1.54) is 0 Å². The third kappa shape index (κ3) is 3.30. The highest BCUT2D eigenvalue weighted by atomic mass is 16.1. The van der Waals surface area contributed by atoms with Gasteiger partial charge in [0.25, 0.3) is 0 Å². The van der Waals surface area contributed by atoms with Crippen LogP contribution in [0.5, 0.6) is 0 Å². The predicted molar refractivity (Wildman–Crippen MR) is 112 cm³/mol. The van der Waals surface area contributed by atoms with Gasteiger partial charge in [-0.25, -0.2) is 9.67 Å². The predicted octanol–water partition coefficient (Wildman–Crippen LogP) is 3.28. The van der Waals surface area contributed by atoms with Crippen molar-refractivity contribution in [3.8, 4) is 16.9 Å². The molecule has 30 heavy (non-hydrogen) atoms. The first-order chi connectivity index (χ1) is 14.7. The molecule has 0 bridgehead atoms. The summed E-state index contributed by atoms with van der Waals surface area (Å²) in [5.74, 6) is 0. The normalized spacial score (nSPS) is 11.1. The summed E-state index contributed by atoms with van der Waals surface area (Å²) in [7, 11) is 0. The molecule has 0 saturated carbocycles. The molecule has 0 aliphatic heterocycles. The maximum Gasteiger partial charge on any atom is 0.151 e. The molecule has 146 valence electrons. The van der Waals surface area contributed by atoms with Crippen LogP contribution in [-0.4, -0.2) is 40.2 Å². The van der Waals surface area contributed by atoms with E-state index >= 15 is 0 Å². The van der Waals surface area contributed by atoms with Crippen LogP contribution in [0.25, 0.3) is 28.7 Å². The minimum atomic E-state index is 0.471. The van der Waals surface area contributed by atoms with Crippen molar-refractivity contribution >= 4 is 18.0 Å². The molecule has 0 aliphatic rings. The fourth-order valence-electron chi connectivity index (χ4n) is 3.28. The average molecular weight is 395 g/mol. The molecule has 5 rings (SSSR count). The Labute approximate surface area is 171 Å². The van der Waals surface area contributed by atoms with Crippen molar-refractivity contribution < 1.29 is 4.79 Å². The Balaban J connectivity index is 1.39. The smallest absolute Gasteiger partial charge is 0.151 e. The quantitative estimate of drug-likeness (QED) is 0.412. The number of carbonyl (C=O) groups is 1. The maximum absolute atomic E-state index is 10.9. The number of rotatable bonds is 6. The van der Waals surface area contributed by atoms with Gasteiger partial charge < -0.3 is 8.97 Å². The summed E-state index contributed by atoms with van der Waals surface area (Å²) in [5, 5.41) is 8.51. The first-order valence-corrected chi connectivity index (χ1v) is 9.31. The minimum Gasteiger partial charge on any atom is -0.322 e. The van der Waals surface area contributed by atoms with Crippen LogP contribution in [0.4, 0.5) is 0 Å². The summed E-state index contributed by atoms with van der Waals surface area (Å²) in [4.78, 5) is 19.9. The molecule has 0 N–H and O–H groups in total. The van der Waals surface area contributed by atoms with Crippen LogP contribution in [0.15, 0.2) is 74.2 Å². The summed E-state index contributed by atoms with van der Waals surface area (Å²) in [6.45, 7) is 4.26. The lowest BCUT2D eigenvalue weighted by Gasteiger charge is -2.03. The van der Waals surface area contributed by atoms with Gasteiger partial charge in [0.15, 0.2) is 6.29 Å². The number of hydrogen-bond acceptors (Lipinski definition) is 5. The Morgan fingerprint density at radius 1 is 1.03 bits per heavy atom. The van der Waals surface area contributed by atoms with E-state index < -0.39 is 0 Å². The van der Waals surface area contributed by atoms with Crippen molar-refractivity contribution in [3.05, 3.63) is 91.0 Å². The lowest BCUT2D eigenvalue weighted by molar-refractivity contribution is 0.112. The Morgan fingerprint density at radius 3 is 2.80 bits per heavy atom. The van der Waals surface area contributed by atoms with Crippen molar-refractivity contribution in [1.82, 2.24) is 33.9 Å². The Morgan fingerprint density at radius 2 is 1.97 bits per heavy atom. The Bertz CT molecular complexity index is 1380. The van der Waals surface area contributed by atoms with Gasteiger partial charge in [-0.1, -0.05) is 17.9 Å². The van der Waals surface area contributed by atoms with Gasteiger partial charge in [-0.05, 0) is 29.8 Å². The van der Waals surface area contributed by atoms with Gasteiger partial charge in [0.1, 0.15) is 11.3 Å². The lowest BCUT2D eigenvalue weighted by atomic mass is 10.2. The van der Waals surface area contributed by atoms with Gasteiger partial charge in [-0.2, -0.15) is 0 Å². The summed E-state index contributed by atoms with van der Waals surface area (Å²) in [6.07, 6.45) is 15.6. The fourth-order valence-corrected chi connectivity index (χ4v) is 3.28. The van der Waals surface area contributed by atoms with Gasteiger partial charge in [-0.15, -0.1) is 5.10 Å². The Hall–Kier alpha value is -4.33. The van der Waals surface area contributed by atoms with Crippen LogP contribution >= 0.6 is 0 Å². The topological polar surface area (TPSA) is 82.9 Å². The molecule has 0 spiro atoms. The van der Waals surface area contributed by atoms with Crippen LogP contribution < -0.4 is 0 Å². The second-order valence-corrected chi connectivity index (χ2v) is 6.87. The highest BCUT2D eigenvalue weighted by Crippen LogP contribution is 2.20. The minimum absolute atomic E-state index is 0.471. The van der Waals surface area contributed by atoms with Gasteiger partial charge in [0.2, 0.25) is 0 Å². The number of carbonyl (C=O) groups excluding carboxylic acids is 1. The molecular weight excluding hydrogens is 378 g/mol. The zero-order valence-corrected chi connectivity index (χ0v) is 16.0. The van der Waals surface area contributed by atoms with E-state index in [0.29, 0.717) is 12.1 Å². The number of pyridine rings is 2. The molecule has 0 amide bonds. The first kappa shape index (κ1) is 17.7. The van der Waals surface area contributed by atoms with Crippen LogP contribution in [0.3, 0.4) is 0 Å². The van der Waals surface area contributed by atoms with Crippen LogP contribution in [0.2, 0.25) is 0 Å². The zero-order valence-electron chi connectivity index (χ0n) is 16.0. The third-order valence-corrected chi connectivity index (χ3v) is 4.79. The maximum atomic E-state index is 10.9. The molecule has 0 aromatic carbocycles. The summed E-state index contributed by atoms with van der Waals surface area (Å²) in [5.41, 5.74) is 5.78. The molecule has 5 heterocycles. The van der Waals surface area contributed by atoms with Gasteiger partial charge >= 0.3 is 0 Å². The van der Waals surface area contributed by atoms with E-state index in [1.54, 1.807) is 35.4 Å². The molecule has 8 nitrogen and oxygen atoms in total. The molecular formula is C22H17N7O. The Kier molecular flexibility index (Phi) is 4.29. The van der Waals surface area contributed by atoms with Gasteiger partial charge in [0.05, 0.1) is 30.3 Å². The number of hydrogen-bond donors (Lipinski definition) is 0. The van der Waals surface area contributed by atoms with Crippen LogP contribution in [-0.2, 0) is 6.54 Å². The largest absolute Gasteiger partial charge is 0.322 e. The number of nitrogens with zero attached hydrogens (tertiary/aromatic N) is 7. The molecule has 0 fully saturated rings. The molecule has 0 atom stereocenters. The van der Waals surface area contributed by atoms with Crippen molar-refractivity contribution in [2.24, 2.45) is 0 Å². The fraction of sp³-hybridized carbons (Fsp3) is 0.0455. The molecule has 0 saturated heterocycles. The van der Waals surface area contributed by atoms with E-state index in [-0.39, 0.29) is 0 Å². The molecule has 5 aromatic heterocycles. The monoisotopic (exact) mass is 395 g/mol. The molecule has 0 aliphatic carbocycles. The second kappa shape index (κ2) is 7.25. The zero-order chi connectivity index (χ0) is 20.5. The van der Waals surface area contributed by atoms with Crippen LogP contribution in [0.1, 0.15) is 21.6 Å². The van der Waals surface area contributed by atoms with Crippen molar-refractivity contribution in [2.45, 2.75) is 6.54 Å². The van der Waals surface area contributed by atoms with Crippen molar-refractivity contribution in [1.29, 1.82) is 0 Å².